The molecule has 0 aliphatic carbocycles. The number of aromatic nitrogens is 1. The Bertz CT molecular complexity index is 668. The molecule has 0 radical (unpaired) electrons. The summed E-state index contributed by atoms with van der Waals surface area (Å²) in [6.07, 6.45) is 6.47. The summed E-state index contributed by atoms with van der Waals surface area (Å²) in [6, 6.07) is 8.34. The van der Waals surface area contributed by atoms with Gasteiger partial charge in [0.15, 0.2) is 0 Å². The van der Waals surface area contributed by atoms with Crippen molar-refractivity contribution in [3.8, 4) is 0 Å². The van der Waals surface area contributed by atoms with E-state index in [1.165, 1.54) is 5.56 Å². The molecule has 1 nitrogen and oxygen atoms in total. The molecule has 0 spiro atoms. The number of nitrogens with zero attached hydrogens (tertiary/aromatic N) is 1. The third-order valence-electron chi connectivity index (χ3n) is 3.06. The van der Waals surface area contributed by atoms with E-state index in [9.17, 15) is 0 Å². The molecule has 0 saturated carbocycles. The molecule has 96 valence electrons. The van der Waals surface area contributed by atoms with E-state index >= 15 is 0 Å². The molecule has 0 saturated heterocycles. The van der Waals surface area contributed by atoms with Gasteiger partial charge >= 0.3 is 0 Å². The van der Waals surface area contributed by atoms with Crippen LogP contribution >= 0.6 is 15.9 Å². The molecule has 2 rings (SSSR count). The smallest absolute Gasteiger partial charge is 0.0706 e. The van der Waals surface area contributed by atoms with Gasteiger partial charge in [0.1, 0.15) is 0 Å². The van der Waals surface area contributed by atoms with E-state index < -0.39 is 0 Å². The normalized spacial score (nSPS) is 11.6. The van der Waals surface area contributed by atoms with Gasteiger partial charge in [0.2, 0.25) is 0 Å². The van der Waals surface area contributed by atoms with Crippen molar-refractivity contribution in [1.29, 1.82) is 0 Å². The summed E-state index contributed by atoms with van der Waals surface area (Å²) in [4.78, 5) is 4.66. The highest BCUT2D eigenvalue weighted by Gasteiger charge is 2.05. The zero-order chi connectivity index (χ0) is 13.8. The van der Waals surface area contributed by atoms with Gasteiger partial charge in [-0.2, -0.15) is 0 Å². The van der Waals surface area contributed by atoms with Crippen LogP contribution < -0.4 is 0 Å². The number of aryl methyl sites for hydroxylation is 1. The molecule has 0 unspecified atom stereocenters. The Kier molecular flexibility index (Phi) is 4.33. The van der Waals surface area contributed by atoms with Crippen LogP contribution in [-0.2, 0) is 6.42 Å². The molecule has 1 aromatic heterocycles. The van der Waals surface area contributed by atoms with E-state index in [2.05, 4.69) is 46.2 Å². The second-order valence-corrected chi connectivity index (χ2v) is 5.34. The summed E-state index contributed by atoms with van der Waals surface area (Å²) in [5.41, 5.74) is 4.46. The number of pyridine rings is 1. The molecule has 2 heteroatoms. The van der Waals surface area contributed by atoms with Gasteiger partial charge < -0.3 is 0 Å². The maximum Gasteiger partial charge on any atom is 0.0706 e. The van der Waals surface area contributed by atoms with Crippen LogP contribution in [0, 0.1) is 6.92 Å². The first-order valence-corrected chi connectivity index (χ1v) is 6.93. The third-order valence-corrected chi connectivity index (χ3v) is 3.55. The van der Waals surface area contributed by atoms with E-state index in [-0.39, 0.29) is 0 Å². The fourth-order valence-electron chi connectivity index (χ4n) is 2.04. The van der Waals surface area contributed by atoms with Crippen LogP contribution in [0.25, 0.3) is 10.9 Å². The SMILES string of the molecule is C=C/C=C(\C=C)Cc1cc2cc(Br)ccc2nc1C. The van der Waals surface area contributed by atoms with Gasteiger partial charge in [-0.1, -0.05) is 47.3 Å². The Balaban J connectivity index is 2.48. The highest BCUT2D eigenvalue weighted by molar-refractivity contribution is 9.10. The lowest BCUT2D eigenvalue weighted by atomic mass is 10.0. The number of rotatable bonds is 4. The molecule has 0 aliphatic heterocycles. The van der Waals surface area contributed by atoms with Crippen molar-refractivity contribution in [3.63, 3.8) is 0 Å². The Morgan fingerprint density at radius 2 is 2.11 bits per heavy atom. The van der Waals surface area contributed by atoms with Gasteiger partial charge in [0.05, 0.1) is 5.52 Å². The average Bonchev–Trinajstić information content (AvgIpc) is 2.39. The molecule has 2 aromatic rings. The topological polar surface area (TPSA) is 12.9 Å². The van der Waals surface area contributed by atoms with E-state index in [1.54, 1.807) is 6.08 Å². The van der Waals surface area contributed by atoms with Crippen LogP contribution in [0.5, 0.6) is 0 Å². The fraction of sp³-hybridized carbons (Fsp3) is 0.118. The average molecular weight is 314 g/mol. The molecule has 0 N–H and O–H groups in total. The summed E-state index contributed by atoms with van der Waals surface area (Å²) < 4.78 is 1.07. The molecule has 0 atom stereocenters. The Morgan fingerprint density at radius 3 is 2.79 bits per heavy atom. The van der Waals surface area contributed by atoms with Gasteiger partial charge in [0.25, 0.3) is 0 Å². The first-order chi connectivity index (χ1) is 9.13. The lowest BCUT2D eigenvalue weighted by molar-refractivity contribution is 1.10. The molecule has 0 aliphatic rings. The van der Waals surface area contributed by atoms with Crippen molar-refractivity contribution in [1.82, 2.24) is 4.98 Å². The highest BCUT2D eigenvalue weighted by atomic mass is 79.9. The quantitative estimate of drug-likeness (QED) is 0.712. The number of benzene rings is 1. The Morgan fingerprint density at radius 1 is 1.32 bits per heavy atom. The molecule has 0 amide bonds. The molecular formula is C17H16BrN. The van der Waals surface area contributed by atoms with Crippen molar-refractivity contribution in [2.45, 2.75) is 13.3 Å². The van der Waals surface area contributed by atoms with Crippen LogP contribution in [0.2, 0.25) is 0 Å². The van der Waals surface area contributed by atoms with E-state index in [1.807, 2.05) is 31.2 Å². The molecular weight excluding hydrogens is 298 g/mol. The summed E-state index contributed by atoms with van der Waals surface area (Å²) >= 11 is 3.50. The van der Waals surface area contributed by atoms with Crippen molar-refractivity contribution >= 4 is 26.8 Å². The third kappa shape index (κ3) is 3.21. The predicted molar refractivity (Wildman–Crippen MR) is 86.4 cm³/mol. The number of allylic oxidation sites excluding steroid dienone is 4. The van der Waals surface area contributed by atoms with E-state index in [0.29, 0.717) is 0 Å². The summed E-state index contributed by atoms with van der Waals surface area (Å²) in [7, 11) is 0. The Labute approximate surface area is 122 Å². The number of fused-ring (bicyclic) bond motifs is 1. The second-order valence-electron chi connectivity index (χ2n) is 4.43. The van der Waals surface area contributed by atoms with Crippen molar-refractivity contribution in [3.05, 3.63) is 77.0 Å². The summed E-state index contributed by atoms with van der Waals surface area (Å²) in [6.45, 7) is 9.61. The number of hydrogen-bond donors (Lipinski definition) is 0. The van der Waals surface area contributed by atoms with Crippen LogP contribution in [0.4, 0.5) is 0 Å². The van der Waals surface area contributed by atoms with Crippen molar-refractivity contribution < 1.29 is 0 Å². The largest absolute Gasteiger partial charge is 0.253 e. The summed E-state index contributed by atoms with van der Waals surface area (Å²) in [5, 5.41) is 1.15. The maximum absolute atomic E-state index is 4.66. The fourth-order valence-corrected chi connectivity index (χ4v) is 2.42. The molecule has 0 fully saturated rings. The minimum atomic E-state index is 0.830. The maximum atomic E-state index is 4.66. The van der Waals surface area contributed by atoms with Gasteiger partial charge in [-0.3, -0.25) is 4.98 Å². The minimum Gasteiger partial charge on any atom is -0.253 e. The molecule has 19 heavy (non-hydrogen) atoms. The second kappa shape index (κ2) is 5.98. The van der Waals surface area contributed by atoms with Gasteiger partial charge in [-0.05, 0) is 48.7 Å². The van der Waals surface area contributed by atoms with Gasteiger partial charge in [-0.15, -0.1) is 0 Å². The Hall–Kier alpha value is -1.67. The van der Waals surface area contributed by atoms with Gasteiger partial charge in [-0.25, -0.2) is 0 Å². The van der Waals surface area contributed by atoms with Crippen LogP contribution in [0.1, 0.15) is 11.3 Å². The summed E-state index contributed by atoms with van der Waals surface area (Å²) in [5.74, 6) is 0. The minimum absolute atomic E-state index is 0.830. The van der Waals surface area contributed by atoms with E-state index in [0.717, 1.165) is 33.1 Å². The first-order valence-electron chi connectivity index (χ1n) is 6.14. The molecule has 1 aromatic carbocycles. The number of hydrogen-bond acceptors (Lipinski definition) is 1. The molecule has 1 heterocycles. The van der Waals surface area contributed by atoms with E-state index in [4.69, 9.17) is 0 Å². The lowest BCUT2D eigenvalue weighted by Gasteiger charge is -2.08. The zero-order valence-corrected chi connectivity index (χ0v) is 12.6. The predicted octanol–water partition coefficient (Wildman–Crippen LogP) is 5.15. The zero-order valence-electron chi connectivity index (χ0n) is 11.0. The van der Waals surface area contributed by atoms with Crippen molar-refractivity contribution in [2.24, 2.45) is 0 Å². The monoisotopic (exact) mass is 313 g/mol. The molecule has 0 bridgehead atoms. The highest BCUT2D eigenvalue weighted by Crippen LogP contribution is 2.22. The van der Waals surface area contributed by atoms with Crippen molar-refractivity contribution in [2.75, 3.05) is 0 Å². The van der Waals surface area contributed by atoms with Gasteiger partial charge in [0, 0.05) is 15.6 Å². The lowest BCUT2D eigenvalue weighted by Crippen LogP contribution is -1.95. The van der Waals surface area contributed by atoms with Crippen LogP contribution in [0.3, 0.4) is 0 Å². The van der Waals surface area contributed by atoms with Crippen LogP contribution in [0.15, 0.2) is 65.7 Å². The first kappa shape index (κ1) is 13.8. The number of halogens is 1. The standard InChI is InChI=1S/C17H16BrN/c1-4-6-13(5-2)9-14-10-15-11-16(18)7-8-17(15)19-12(14)3/h4-8,10-11H,1-2,9H2,3H3/b13-6+. The van der Waals surface area contributed by atoms with Crippen LogP contribution in [-0.4, -0.2) is 4.98 Å².